The third kappa shape index (κ3) is 9.07. The van der Waals surface area contributed by atoms with Crippen molar-refractivity contribution in [2.75, 3.05) is 6.61 Å². The van der Waals surface area contributed by atoms with Gasteiger partial charge in [0.2, 0.25) is 18.0 Å². The van der Waals surface area contributed by atoms with Gasteiger partial charge in [0, 0.05) is 36.5 Å². The van der Waals surface area contributed by atoms with Crippen molar-refractivity contribution in [3.63, 3.8) is 0 Å². The second kappa shape index (κ2) is 12.8. The number of carbonyl (C=O) groups is 3. The molecule has 17 heteroatoms. The van der Waals surface area contributed by atoms with E-state index in [0.717, 1.165) is 6.92 Å². The van der Waals surface area contributed by atoms with Gasteiger partial charge in [-0.05, 0) is 6.08 Å². The molecule has 31 heavy (non-hydrogen) atoms. The van der Waals surface area contributed by atoms with Crippen molar-refractivity contribution in [2.24, 2.45) is 0 Å². The minimum Gasteiger partial charge on any atom is -0.475 e. The zero-order valence-corrected chi connectivity index (χ0v) is 19.1. The molecule has 15 nitrogen and oxygen atoms in total. The zero-order valence-electron chi connectivity index (χ0n) is 16.3. The van der Waals surface area contributed by atoms with Crippen LogP contribution in [0, 0.1) is 0 Å². The number of carbonyl (C=O) groups excluding carboxylic acids is 2. The monoisotopic (exact) mass is 482 g/mol. The average molecular weight is 482 g/mol. The summed E-state index contributed by atoms with van der Waals surface area (Å²) in [6.07, 6.45) is -11.8. The van der Waals surface area contributed by atoms with Crippen LogP contribution in [0.3, 0.4) is 0 Å². The average Bonchev–Trinajstić information content (AvgIpc) is 2.64. The maximum Gasteiger partial charge on any atom is 0.397 e. The summed E-state index contributed by atoms with van der Waals surface area (Å²) < 4.78 is 45.3. The van der Waals surface area contributed by atoms with Crippen molar-refractivity contribution in [3.05, 3.63) is 11.8 Å². The van der Waals surface area contributed by atoms with E-state index in [9.17, 15) is 38.1 Å². The van der Waals surface area contributed by atoms with Crippen LogP contribution in [0.5, 0.6) is 0 Å². The van der Waals surface area contributed by atoms with Crippen LogP contribution in [0.1, 0.15) is 6.92 Å². The molecule has 0 bridgehead atoms. The molecule has 0 fully saturated rings. The Morgan fingerprint density at radius 2 is 1.94 bits per heavy atom. The summed E-state index contributed by atoms with van der Waals surface area (Å²) in [5, 5.41) is 49.9. The molecular formula is C14H21NNaO14S. The van der Waals surface area contributed by atoms with Crippen LogP contribution in [0.4, 0.5) is 0 Å². The fraction of sp³-hybridized carbons (Fsp3) is 0.643. The summed E-state index contributed by atoms with van der Waals surface area (Å²) in [5.74, 6) is -3.47. The maximum absolute atomic E-state index is 11.4. The van der Waals surface area contributed by atoms with Gasteiger partial charge in [-0.25, -0.2) is 8.98 Å². The van der Waals surface area contributed by atoms with Gasteiger partial charge in [-0.1, -0.05) is 0 Å². The first-order valence-electron chi connectivity index (χ1n) is 8.11. The second-order valence-electron chi connectivity index (χ2n) is 6.01. The number of aliphatic hydroxyl groups is 4. The van der Waals surface area contributed by atoms with E-state index in [-0.39, 0.29) is 35.8 Å². The zero-order chi connectivity index (χ0) is 23.2. The Labute approximate surface area is 197 Å². The fourth-order valence-corrected chi connectivity index (χ4v) is 2.89. The molecule has 1 radical (unpaired) electrons. The summed E-state index contributed by atoms with van der Waals surface area (Å²) in [5.41, 5.74) is 0. The van der Waals surface area contributed by atoms with E-state index in [1.165, 1.54) is 0 Å². The third-order valence-electron chi connectivity index (χ3n) is 3.69. The molecule has 7 unspecified atom stereocenters. The molecule has 0 saturated heterocycles. The number of amides is 1. The Balaban J connectivity index is 0.00000900. The largest absolute Gasteiger partial charge is 0.475 e. The van der Waals surface area contributed by atoms with Crippen LogP contribution in [0.15, 0.2) is 11.8 Å². The fourth-order valence-electron chi connectivity index (χ4n) is 2.40. The van der Waals surface area contributed by atoms with Crippen molar-refractivity contribution < 1.29 is 66.5 Å². The summed E-state index contributed by atoms with van der Waals surface area (Å²) in [6, 6.07) is -1.72. The molecule has 173 valence electrons. The van der Waals surface area contributed by atoms with Crippen LogP contribution >= 0.6 is 0 Å². The van der Waals surface area contributed by atoms with E-state index in [0.29, 0.717) is 6.08 Å². The molecule has 0 aromatic heterocycles. The number of rotatable bonds is 11. The van der Waals surface area contributed by atoms with E-state index in [2.05, 4.69) is 4.18 Å². The topological polar surface area (TPSA) is 246 Å². The number of aliphatic carboxylic acids is 1. The molecule has 0 aromatic rings. The third-order valence-corrected chi connectivity index (χ3v) is 4.16. The van der Waals surface area contributed by atoms with Crippen molar-refractivity contribution in [3.8, 4) is 0 Å². The molecule has 1 rings (SSSR count). The first-order chi connectivity index (χ1) is 13.8. The molecule has 1 heterocycles. The smallest absolute Gasteiger partial charge is 0.397 e. The molecule has 0 aromatic carbocycles. The predicted molar refractivity (Wildman–Crippen MR) is 96.4 cm³/mol. The maximum atomic E-state index is 11.4. The molecule has 0 saturated carbocycles. The van der Waals surface area contributed by atoms with Gasteiger partial charge in [-0.2, -0.15) is 8.42 Å². The molecular weight excluding hydrogens is 461 g/mol. The summed E-state index contributed by atoms with van der Waals surface area (Å²) in [6.45, 7) is -0.0507. The van der Waals surface area contributed by atoms with Crippen molar-refractivity contribution in [2.45, 2.75) is 49.8 Å². The number of hydrogen-bond donors (Lipinski definition) is 7. The van der Waals surface area contributed by atoms with Crippen molar-refractivity contribution >= 4 is 58.1 Å². The molecule has 1 amide bonds. The van der Waals surface area contributed by atoms with Gasteiger partial charge >= 0.3 is 16.4 Å². The Bertz CT molecular complexity index is 773. The van der Waals surface area contributed by atoms with Gasteiger partial charge in [-0.15, -0.1) is 0 Å². The first kappa shape index (κ1) is 29.8. The second-order valence-corrected chi connectivity index (χ2v) is 7.05. The quantitative estimate of drug-likeness (QED) is 0.0830. The molecule has 7 N–H and O–H groups in total. The molecule has 0 aliphatic carbocycles. The standard InChI is InChI=1S/C14H21NO14S.Na/c1-5(18)15-6(3-16)11(10(21)8(20)4-17)28-14-12(29-30(24,25)26)7(19)2-9(27-14)13(22)23;/h2-3,6-8,10-12,14,17,19-21H,4H2,1H3,(H,15,18)(H,22,23)(H,24,25,26);. The van der Waals surface area contributed by atoms with Crippen LogP contribution in [0.2, 0.25) is 0 Å². The Morgan fingerprint density at radius 1 is 1.35 bits per heavy atom. The van der Waals surface area contributed by atoms with Gasteiger partial charge in [0.1, 0.15) is 36.7 Å². The minimum absolute atomic E-state index is 0. The predicted octanol–water partition coefficient (Wildman–Crippen LogP) is -4.72. The van der Waals surface area contributed by atoms with E-state index >= 15 is 0 Å². The number of hydrogen-bond acceptors (Lipinski definition) is 12. The van der Waals surface area contributed by atoms with Crippen LogP contribution in [0.25, 0.3) is 0 Å². The van der Waals surface area contributed by atoms with E-state index < -0.39 is 77.5 Å². The summed E-state index contributed by atoms with van der Waals surface area (Å²) in [4.78, 5) is 33.8. The number of ether oxygens (including phenoxy) is 2. The SMILES string of the molecule is CC(=O)NC(C=O)C(OC1OC(C(=O)O)=CC(O)C1OS(=O)(=O)O)C(O)C(O)CO.[Na]. The van der Waals surface area contributed by atoms with Crippen LogP contribution in [-0.2, 0) is 38.4 Å². The normalized spacial score (nSPS) is 25.0. The van der Waals surface area contributed by atoms with Gasteiger partial charge in [0.15, 0.2) is 6.10 Å². The Morgan fingerprint density at radius 3 is 2.35 bits per heavy atom. The number of nitrogens with one attached hydrogen (secondary N) is 1. The van der Waals surface area contributed by atoms with Gasteiger partial charge < -0.3 is 45.1 Å². The Kier molecular flexibility index (Phi) is 12.3. The van der Waals surface area contributed by atoms with E-state index in [4.69, 9.17) is 24.2 Å². The van der Waals surface area contributed by atoms with Gasteiger partial charge in [0.05, 0.1) is 6.61 Å². The van der Waals surface area contributed by atoms with Crippen molar-refractivity contribution in [1.29, 1.82) is 0 Å². The van der Waals surface area contributed by atoms with Crippen LogP contribution < -0.4 is 5.32 Å². The molecule has 1 aliphatic heterocycles. The van der Waals surface area contributed by atoms with Gasteiger partial charge in [-0.3, -0.25) is 9.35 Å². The molecule has 7 atom stereocenters. The summed E-state index contributed by atoms with van der Waals surface area (Å²) >= 11 is 0. The first-order valence-corrected chi connectivity index (χ1v) is 9.47. The summed E-state index contributed by atoms with van der Waals surface area (Å²) in [7, 11) is -5.24. The Hall–Kier alpha value is -1.18. The van der Waals surface area contributed by atoms with Crippen molar-refractivity contribution in [1.82, 2.24) is 5.32 Å². The number of carboxylic acids is 1. The van der Waals surface area contributed by atoms with E-state index in [1.54, 1.807) is 0 Å². The van der Waals surface area contributed by atoms with Gasteiger partial charge in [0.25, 0.3) is 0 Å². The minimum atomic E-state index is -5.24. The van der Waals surface area contributed by atoms with Crippen LogP contribution in [-0.4, -0.2) is 136 Å². The number of carboxylic acid groups (broad SMARTS) is 1. The number of aldehydes is 1. The van der Waals surface area contributed by atoms with E-state index in [1.807, 2.05) is 5.32 Å². The molecule has 1 aliphatic rings. The molecule has 0 spiro atoms. The number of aliphatic hydroxyl groups excluding tert-OH is 4.